The van der Waals surface area contributed by atoms with Crippen LogP contribution in [0.15, 0.2) is 59.5 Å². The Balaban J connectivity index is 1.44. The van der Waals surface area contributed by atoms with E-state index < -0.39 is 27.9 Å². The van der Waals surface area contributed by atoms with E-state index in [1.807, 2.05) is 42.2 Å². The van der Waals surface area contributed by atoms with E-state index in [0.29, 0.717) is 31.9 Å². The Kier molecular flexibility index (Phi) is 8.17. The van der Waals surface area contributed by atoms with Gasteiger partial charge in [-0.2, -0.15) is 0 Å². The highest BCUT2D eigenvalue weighted by molar-refractivity contribution is 7.89. The number of pyridine rings is 1. The van der Waals surface area contributed by atoms with Crippen LogP contribution in [0.1, 0.15) is 17.7 Å². The SMILES string of the molecule is Cc1cc(COc2ccc(S(=O)(=O)N[C@H]3CCN(CCO)C[C@@H]3C(=O)NO)cc2)c2ccccc2n1. The third-order valence-electron chi connectivity index (χ3n) is 6.32. The van der Waals surface area contributed by atoms with Gasteiger partial charge in [-0.3, -0.25) is 15.0 Å². The molecule has 3 aromatic rings. The number of piperidine rings is 1. The van der Waals surface area contributed by atoms with E-state index in [1.54, 1.807) is 17.6 Å². The number of hydrogen-bond donors (Lipinski definition) is 4. The molecule has 192 valence electrons. The van der Waals surface area contributed by atoms with Gasteiger partial charge in [-0.25, -0.2) is 18.6 Å². The second kappa shape index (κ2) is 11.3. The lowest BCUT2D eigenvalue weighted by Crippen LogP contribution is -2.55. The molecule has 10 nitrogen and oxygen atoms in total. The van der Waals surface area contributed by atoms with E-state index in [2.05, 4.69) is 9.71 Å². The molecule has 0 aliphatic carbocycles. The predicted molar refractivity (Wildman–Crippen MR) is 133 cm³/mol. The number of ether oxygens (including phenoxy) is 1. The van der Waals surface area contributed by atoms with E-state index in [1.165, 1.54) is 12.1 Å². The smallest absolute Gasteiger partial charge is 0.249 e. The number of fused-ring (bicyclic) bond motifs is 1. The fourth-order valence-electron chi connectivity index (χ4n) is 4.51. The Hall–Kier alpha value is -3.09. The highest BCUT2D eigenvalue weighted by Crippen LogP contribution is 2.24. The van der Waals surface area contributed by atoms with Gasteiger partial charge in [0.1, 0.15) is 12.4 Å². The maximum Gasteiger partial charge on any atom is 0.249 e. The number of nitrogens with zero attached hydrogens (tertiary/aromatic N) is 2. The number of aryl methyl sites for hydroxylation is 1. The van der Waals surface area contributed by atoms with E-state index >= 15 is 0 Å². The van der Waals surface area contributed by atoms with Crippen LogP contribution in [0.5, 0.6) is 5.75 Å². The molecule has 1 saturated heterocycles. The molecule has 1 aliphatic rings. The molecule has 1 amide bonds. The largest absolute Gasteiger partial charge is 0.489 e. The molecule has 36 heavy (non-hydrogen) atoms. The summed E-state index contributed by atoms with van der Waals surface area (Å²) in [5.74, 6) is -0.957. The van der Waals surface area contributed by atoms with Gasteiger partial charge in [-0.15, -0.1) is 0 Å². The molecule has 4 N–H and O–H groups in total. The van der Waals surface area contributed by atoms with Crippen molar-refractivity contribution in [2.24, 2.45) is 5.92 Å². The Morgan fingerprint density at radius 2 is 1.94 bits per heavy atom. The van der Waals surface area contributed by atoms with Crippen molar-refractivity contribution in [1.29, 1.82) is 0 Å². The van der Waals surface area contributed by atoms with E-state index in [9.17, 15) is 13.2 Å². The van der Waals surface area contributed by atoms with Crippen LogP contribution in [-0.2, 0) is 21.4 Å². The van der Waals surface area contributed by atoms with Crippen molar-refractivity contribution >= 4 is 26.8 Å². The molecule has 11 heteroatoms. The lowest BCUT2D eigenvalue weighted by Gasteiger charge is -2.37. The molecule has 1 aromatic heterocycles. The molecule has 1 fully saturated rings. The van der Waals surface area contributed by atoms with Gasteiger partial charge in [-0.1, -0.05) is 18.2 Å². The van der Waals surface area contributed by atoms with E-state index in [4.69, 9.17) is 15.1 Å². The number of nitrogens with one attached hydrogen (secondary N) is 2. The summed E-state index contributed by atoms with van der Waals surface area (Å²) in [7, 11) is -3.93. The summed E-state index contributed by atoms with van der Waals surface area (Å²) >= 11 is 0. The Labute approximate surface area is 209 Å². The van der Waals surface area contributed by atoms with E-state index in [0.717, 1.165) is 22.2 Å². The summed E-state index contributed by atoms with van der Waals surface area (Å²) in [6.07, 6.45) is 0.359. The number of β-amino-alcohol motifs (C(OH)–C–C–N with tert-alkyl or cyclic N) is 1. The van der Waals surface area contributed by atoms with Crippen molar-refractivity contribution in [2.45, 2.75) is 30.9 Å². The third-order valence-corrected chi connectivity index (χ3v) is 7.83. The Morgan fingerprint density at radius 3 is 2.67 bits per heavy atom. The van der Waals surface area contributed by atoms with Gasteiger partial charge >= 0.3 is 0 Å². The number of aliphatic hydroxyl groups is 1. The van der Waals surface area contributed by atoms with Crippen LogP contribution in [0.25, 0.3) is 10.9 Å². The normalized spacial score (nSPS) is 18.8. The van der Waals surface area contributed by atoms with Crippen molar-refractivity contribution in [3.8, 4) is 5.75 Å². The fourth-order valence-corrected chi connectivity index (χ4v) is 5.82. The second-order valence-corrected chi connectivity index (χ2v) is 10.5. The van der Waals surface area contributed by atoms with Gasteiger partial charge in [0.05, 0.1) is 22.9 Å². The summed E-state index contributed by atoms with van der Waals surface area (Å²) < 4.78 is 34.6. The van der Waals surface area contributed by atoms with Gasteiger partial charge in [0, 0.05) is 35.8 Å². The van der Waals surface area contributed by atoms with Crippen LogP contribution < -0.4 is 14.9 Å². The molecule has 2 aromatic carbocycles. The number of likely N-dealkylation sites (tertiary alicyclic amines) is 1. The maximum atomic E-state index is 13.0. The molecular weight excluding hydrogens is 484 g/mol. The molecule has 0 bridgehead atoms. The molecule has 0 saturated carbocycles. The molecule has 0 radical (unpaired) electrons. The first-order valence-corrected chi connectivity index (χ1v) is 13.2. The van der Waals surface area contributed by atoms with Gasteiger partial charge in [0.15, 0.2) is 0 Å². The Bertz CT molecular complexity index is 1320. The quantitative estimate of drug-likeness (QED) is 0.249. The highest BCUT2D eigenvalue weighted by atomic mass is 32.2. The zero-order valence-electron chi connectivity index (χ0n) is 19.9. The monoisotopic (exact) mass is 514 g/mol. The van der Waals surface area contributed by atoms with E-state index in [-0.39, 0.29) is 18.0 Å². The van der Waals surface area contributed by atoms with Crippen LogP contribution in [0.2, 0.25) is 0 Å². The van der Waals surface area contributed by atoms with Crippen LogP contribution in [0, 0.1) is 12.8 Å². The molecule has 4 rings (SSSR count). The summed E-state index contributed by atoms with van der Waals surface area (Å²) in [5, 5.41) is 19.3. The molecule has 1 aliphatic heterocycles. The van der Waals surface area contributed by atoms with Gasteiger partial charge in [0.25, 0.3) is 0 Å². The lowest BCUT2D eigenvalue weighted by molar-refractivity contribution is -0.136. The average Bonchev–Trinajstić information content (AvgIpc) is 2.88. The zero-order chi connectivity index (χ0) is 25.7. The minimum atomic E-state index is -3.93. The Morgan fingerprint density at radius 1 is 1.19 bits per heavy atom. The maximum absolute atomic E-state index is 13.0. The molecule has 2 atom stereocenters. The topological polar surface area (TPSA) is 141 Å². The number of hydrogen-bond acceptors (Lipinski definition) is 8. The van der Waals surface area contributed by atoms with Gasteiger partial charge in [-0.05, 0) is 56.3 Å². The number of hydroxylamine groups is 1. The van der Waals surface area contributed by atoms with Crippen molar-refractivity contribution in [3.05, 3.63) is 65.9 Å². The fraction of sp³-hybridized carbons (Fsp3) is 0.360. The predicted octanol–water partition coefficient (Wildman–Crippen LogP) is 1.59. The van der Waals surface area contributed by atoms with Crippen LogP contribution in [0.4, 0.5) is 0 Å². The number of benzene rings is 2. The second-order valence-electron chi connectivity index (χ2n) is 8.82. The first-order valence-electron chi connectivity index (χ1n) is 11.7. The summed E-state index contributed by atoms with van der Waals surface area (Å²) in [6, 6.07) is 15.2. The number of carbonyl (C=O) groups is 1. The van der Waals surface area contributed by atoms with Crippen molar-refractivity contribution in [2.75, 3.05) is 26.2 Å². The number of aromatic nitrogens is 1. The minimum absolute atomic E-state index is 0.0426. The molecule has 2 heterocycles. The number of sulfonamides is 1. The van der Waals surface area contributed by atoms with Crippen LogP contribution in [0.3, 0.4) is 0 Å². The highest BCUT2D eigenvalue weighted by Gasteiger charge is 2.36. The molecule has 0 spiro atoms. The standard InChI is InChI=1S/C25H30N4O6S/c1-17-14-18(21-4-2-3-5-23(21)26-17)16-35-19-6-8-20(9-7-19)36(33,34)28-24-10-11-29(12-13-30)15-22(24)25(31)27-32/h2-9,14,22,24,28,30,32H,10-13,15-16H2,1H3,(H,27,31)/t22-,24-/m0/s1. The number of carbonyl (C=O) groups excluding carboxylic acids is 1. The number of para-hydroxylation sites is 1. The number of aliphatic hydroxyl groups excluding tert-OH is 1. The third kappa shape index (κ3) is 6.00. The molecular formula is C25H30N4O6S. The first kappa shape index (κ1) is 26.0. The first-order chi connectivity index (χ1) is 17.3. The summed E-state index contributed by atoms with van der Waals surface area (Å²) in [5.41, 5.74) is 4.37. The lowest BCUT2D eigenvalue weighted by atomic mass is 9.92. The molecule has 0 unspecified atom stereocenters. The van der Waals surface area contributed by atoms with Gasteiger partial charge in [0.2, 0.25) is 15.9 Å². The number of rotatable bonds is 9. The number of amides is 1. The van der Waals surface area contributed by atoms with Crippen LogP contribution in [-0.4, -0.2) is 66.8 Å². The van der Waals surface area contributed by atoms with Gasteiger partial charge < -0.3 is 14.7 Å². The summed E-state index contributed by atoms with van der Waals surface area (Å²) in [6.45, 7) is 3.25. The van der Waals surface area contributed by atoms with Crippen LogP contribution >= 0.6 is 0 Å². The van der Waals surface area contributed by atoms with Crippen molar-refractivity contribution in [3.63, 3.8) is 0 Å². The van der Waals surface area contributed by atoms with Crippen molar-refractivity contribution < 1.29 is 28.3 Å². The average molecular weight is 515 g/mol. The summed E-state index contributed by atoms with van der Waals surface area (Å²) in [4.78, 5) is 18.6. The minimum Gasteiger partial charge on any atom is -0.489 e. The zero-order valence-corrected chi connectivity index (χ0v) is 20.7. The van der Waals surface area contributed by atoms with Crippen molar-refractivity contribution in [1.82, 2.24) is 20.1 Å².